The lowest BCUT2D eigenvalue weighted by atomic mass is 9.90. The molecule has 0 aromatic carbocycles. The van der Waals surface area contributed by atoms with Gasteiger partial charge in [-0.3, -0.25) is 9.59 Å². The Morgan fingerprint density at radius 2 is 2.16 bits per heavy atom. The zero-order valence-electron chi connectivity index (χ0n) is 11.1. The molecular formula is C13H18N2O4. The monoisotopic (exact) mass is 266 g/mol. The van der Waals surface area contributed by atoms with Gasteiger partial charge in [0.15, 0.2) is 5.82 Å². The Morgan fingerprint density at radius 3 is 2.68 bits per heavy atom. The molecule has 1 aliphatic carbocycles. The van der Waals surface area contributed by atoms with Crippen molar-refractivity contribution < 1.29 is 18.8 Å². The Bertz CT molecular complexity index is 463. The highest BCUT2D eigenvalue weighted by molar-refractivity contribution is 6.04. The summed E-state index contributed by atoms with van der Waals surface area (Å²) in [6.45, 7) is 1.73. The molecule has 1 aromatic heterocycles. The van der Waals surface area contributed by atoms with Crippen molar-refractivity contribution in [3.8, 4) is 0 Å². The van der Waals surface area contributed by atoms with Crippen LogP contribution in [0.4, 0.5) is 5.82 Å². The summed E-state index contributed by atoms with van der Waals surface area (Å²) in [6.07, 6.45) is 3.86. The fraction of sp³-hybridized carbons (Fsp3) is 0.615. The van der Waals surface area contributed by atoms with Crippen molar-refractivity contribution in [1.29, 1.82) is 0 Å². The molecule has 19 heavy (non-hydrogen) atoms. The summed E-state index contributed by atoms with van der Waals surface area (Å²) in [5.74, 6) is -0.623. The normalized spacial score (nSPS) is 17.2. The van der Waals surface area contributed by atoms with Crippen LogP contribution in [0.5, 0.6) is 0 Å². The highest BCUT2D eigenvalue weighted by Crippen LogP contribution is 2.32. The van der Waals surface area contributed by atoms with E-state index in [0.717, 1.165) is 25.7 Å². The first-order valence-corrected chi connectivity index (χ1v) is 6.44. The second-order valence-corrected chi connectivity index (χ2v) is 4.86. The zero-order chi connectivity index (χ0) is 13.8. The number of aryl methyl sites for hydroxylation is 1. The molecule has 1 fully saturated rings. The highest BCUT2D eigenvalue weighted by Gasteiger charge is 2.37. The van der Waals surface area contributed by atoms with Gasteiger partial charge in [-0.15, -0.1) is 0 Å². The van der Waals surface area contributed by atoms with Gasteiger partial charge < -0.3 is 14.6 Å². The molecule has 1 aliphatic rings. The molecular weight excluding hydrogens is 248 g/mol. The van der Waals surface area contributed by atoms with Crippen LogP contribution in [0.25, 0.3) is 0 Å². The maximum atomic E-state index is 12.2. The summed E-state index contributed by atoms with van der Waals surface area (Å²) in [5, 5.41) is 6.30. The van der Waals surface area contributed by atoms with Crippen LogP contribution >= 0.6 is 0 Å². The van der Waals surface area contributed by atoms with E-state index in [9.17, 15) is 9.59 Å². The number of anilines is 1. The first kappa shape index (κ1) is 13.6. The third kappa shape index (κ3) is 3.13. The van der Waals surface area contributed by atoms with Gasteiger partial charge in [-0.05, 0) is 25.7 Å². The predicted octanol–water partition coefficient (Wildman–Crippen LogP) is 1.90. The largest absolute Gasteiger partial charge is 0.468 e. The first-order valence-electron chi connectivity index (χ1n) is 6.44. The van der Waals surface area contributed by atoms with E-state index in [2.05, 4.69) is 10.5 Å². The van der Waals surface area contributed by atoms with E-state index in [1.54, 1.807) is 13.0 Å². The summed E-state index contributed by atoms with van der Waals surface area (Å²) in [6, 6.07) is 1.61. The third-order valence-electron chi connectivity index (χ3n) is 3.49. The predicted molar refractivity (Wildman–Crippen MR) is 67.3 cm³/mol. The topological polar surface area (TPSA) is 81.4 Å². The van der Waals surface area contributed by atoms with Gasteiger partial charge in [-0.25, -0.2) is 0 Å². The average Bonchev–Trinajstić information content (AvgIpc) is 3.01. The second kappa shape index (κ2) is 5.86. The van der Waals surface area contributed by atoms with Crippen molar-refractivity contribution in [3.05, 3.63) is 11.8 Å². The number of ether oxygens (including phenoxy) is 1. The van der Waals surface area contributed by atoms with E-state index in [1.807, 2.05) is 0 Å². The molecule has 1 atom stereocenters. The summed E-state index contributed by atoms with van der Waals surface area (Å²) in [4.78, 5) is 24.0. The minimum atomic E-state index is -0.760. The standard InChI is InChI=1S/C13H18N2O4/c1-8-7-10(15-19-8)14-12(16)11(13(17)18-2)9-5-3-4-6-9/h7,9,11H,3-6H2,1-2H3,(H,14,15,16)/t11-/m1/s1. The third-order valence-corrected chi connectivity index (χ3v) is 3.49. The fourth-order valence-corrected chi connectivity index (χ4v) is 2.56. The molecule has 0 unspecified atom stereocenters. The van der Waals surface area contributed by atoms with Crippen LogP contribution < -0.4 is 5.32 Å². The summed E-state index contributed by atoms with van der Waals surface area (Å²) < 4.78 is 9.62. The van der Waals surface area contributed by atoms with Crippen LogP contribution in [-0.4, -0.2) is 24.1 Å². The van der Waals surface area contributed by atoms with Gasteiger partial charge in [0.1, 0.15) is 11.7 Å². The number of carbonyl (C=O) groups excluding carboxylic acids is 2. The van der Waals surface area contributed by atoms with Crippen LogP contribution in [0.15, 0.2) is 10.6 Å². The molecule has 6 nitrogen and oxygen atoms in total. The lowest BCUT2D eigenvalue weighted by molar-refractivity contribution is -0.150. The first-order chi connectivity index (χ1) is 9.11. The molecule has 0 saturated heterocycles. The number of rotatable bonds is 4. The number of hydrogen-bond acceptors (Lipinski definition) is 5. The summed E-state index contributed by atoms with van der Waals surface area (Å²) in [7, 11) is 1.30. The maximum Gasteiger partial charge on any atom is 0.318 e. The van der Waals surface area contributed by atoms with Gasteiger partial charge in [0.2, 0.25) is 5.91 Å². The molecule has 1 N–H and O–H groups in total. The van der Waals surface area contributed by atoms with Gasteiger partial charge in [-0.2, -0.15) is 0 Å². The van der Waals surface area contributed by atoms with Gasteiger partial charge in [0.25, 0.3) is 0 Å². The Morgan fingerprint density at radius 1 is 1.47 bits per heavy atom. The quantitative estimate of drug-likeness (QED) is 0.665. The van der Waals surface area contributed by atoms with Gasteiger partial charge >= 0.3 is 5.97 Å². The van der Waals surface area contributed by atoms with E-state index in [1.165, 1.54) is 7.11 Å². The Kier molecular flexibility index (Phi) is 4.19. The van der Waals surface area contributed by atoms with E-state index < -0.39 is 11.9 Å². The van der Waals surface area contributed by atoms with Gasteiger partial charge in [0, 0.05) is 6.07 Å². The second-order valence-electron chi connectivity index (χ2n) is 4.86. The number of nitrogens with one attached hydrogen (secondary N) is 1. The van der Waals surface area contributed by atoms with Crippen molar-refractivity contribution in [2.75, 3.05) is 12.4 Å². The molecule has 0 bridgehead atoms. The van der Waals surface area contributed by atoms with Gasteiger partial charge in [0.05, 0.1) is 7.11 Å². The lowest BCUT2D eigenvalue weighted by Gasteiger charge is -2.19. The number of carbonyl (C=O) groups is 2. The average molecular weight is 266 g/mol. The number of nitrogens with zero attached hydrogens (tertiary/aromatic N) is 1. The molecule has 1 aromatic rings. The summed E-state index contributed by atoms with van der Waals surface area (Å²) in [5.41, 5.74) is 0. The minimum Gasteiger partial charge on any atom is -0.468 e. The van der Waals surface area contributed by atoms with E-state index in [-0.39, 0.29) is 11.8 Å². The molecule has 0 spiro atoms. The maximum absolute atomic E-state index is 12.2. The van der Waals surface area contributed by atoms with Crippen molar-refractivity contribution in [2.45, 2.75) is 32.6 Å². The van der Waals surface area contributed by atoms with Crippen LogP contribution in [0.1, 0.15) is 31.4 Å². The van der Waals surface area contributed by atoms with Gasteiger partial charge in [-0.1, -0.05) is 18.0 Å². The van der Waals surface area contributed by atoms with Crippen molar-refractivity contribution >= 4 is 17.7 Å². The van der Waals surface area contributed by atoms with Crippen LogP contribution in [-0.2, 0) is 14.3 Å². The highest BCUT2D eigenvalue weighted by atomic mass is 16.5. The van der Waals surface area contributed by atoms with E-state index >= 15 is 0 Å². The number of methoxy groups -OCH3 is 1. The molecule has 0 aliphatic heterocycles. The molecule has 1 amide bonds. The van der Waals surface area contributed by atoms with E-state index in [0.29, 0.717) is 11.6 Å². The Hall–Kier alpha value is -1.85. The van der Waals surface area contributed by atoms with Crippen molar-refractivity contribution in [2.24, 2.45) is 11.8 Å². The van der Waals surface area contributed by atoms with Crippen LogP contribution in [0, 0.1) is 18.8 Å². The van der Waals surface area contributed by atoms with Crippen molar-refractivity contribution in [1.82, 2.24) is 5.16 Å². The molecule has 104 valence electrons. The number of hydrogen-bond donors (Lipinski definition) is 1. The number of amides is 1. The number of esters is 1. The van der Waals surface area contributed by atoms with E-state index in [4.69, 9.17) is 9.26 Å². The molecule has 1 heterocycles. The smallest absolute Gasteiger partial charge is 0.318 e. The summed E-state index contributed by atoms with van der Waals surface area (Å²) >= 11 is 0. The fourth-order valence-electron chi connectivity index (χ4n) is 2.56. The Labute approximate surface area is 111 Å². The molecule has 1 saturated carbocycles. The molecule has 2 rings (SSSR count). The lowest BCUT2D eigenvalue weighted by Crippen LogP contribution is -2.35. The Balaban J connectivity index is 2.08. The van der Waals surface area contributed by atoms with Crippen LogP contribution in [0.2, 0.25) is 0 Å². The zero-order valence-corrected chi connectivity index (χ0v) is 11.1. The number of aromatic nitrogens is 1. The minimum absolute atomic E-state index is 0.0560. The van der Waals surface area contributed by atoms with Crippen LogP contribution in [0.3, 0.4) is 0 Å². The molecule has 0 radical (unpaired) electrons. The molecule has 6 heteroatoms. The van der Waals surface area contributed by atoms with Crippen molar-refractivity contribution in [3.63, 3.8) is 0 Å². The SMILES string of the molecule is COC(=O)[C@@H](C(=O)Nc1cc(C)on1)C1CCCC1.